The summed E-state index contributed by atoms with van der Waals surface area (Å²) in [5, 5.41) is 11.5. The Balaban J connectivity index is 1.86. The summed E-state index contributed by atoms with van der Waals surface area (Å²) in [7, 11) is 0. The summed E-state index contributed by atoms with van der Waals surface area (Å²) in [5.41, 5.74) is 2.12. The minimum Gasteiger partial charge on any atom is -0.354 e. The molecule has 4 nitrogen and oxygen atoms in total. The van der Waals surface area contributed by atoms with Crippen molar-refractivity contribution >= 4 is 17.2 Å². The van der Waals surface area contributed by atoms with Crippen LogP contribution in [0.1, 0.15) is 13.8 Å². The molecule has 0 saturated heterocycles. The summed E-state index contributed by atoms with van der Waals surface area (Å²) >= 11 is 1.66. The van der Waals surface area contributed by atoms with Crippen LogP contribution in [0.5, 0.6) is 0 Å². The molecule has 1 N–H and O–H groups in total. The van der Waals surface area contributed by atoms with Crippen LogP contribution in [0.2, 0.25) is 0 Å². The summed E-state index contributed by atoms with van der Waals surface area (Å²) in [6.07, 6.45) is 1.94. The third-order valence-electron chi connectivity index (χ3n) is 2.62. The van der Waals surface area contributed by atoms with E-state index in [0.717, 1.165) is 11.3 Å². The largest absolute Gasteiger partial charge is 0.354 e. The Kier molecular flexibility index (Phi) is 4.15. The van der Waals surface area contributed by atoms with Crippen molar-refractivity contribution in [3.8, 4) is 11.3 Å². The molecule has 0 saturated carbocycles. The quantitative estimate of drug-likeness (QED) is 0.900. The minimum atomic E-state index is 0.0315. The number of carbonyl (C=O) groups excluding carboxylic acids is 1. The third-order valence-corrected chi connectivity index (χ3v) is 3.31. The number of nitrogens with one attached hydrogen (secondary N) is 1. The van der Waals surface area contributed by atoms with Gasteiger partial charge in [0.1, 0.15) is 0 Å². The monoisotopic (exact) mass is 263 g/mol. The van der Waals surface area contributed by atoms with Gasteiger partial charge in [0, 0.05) is 29.6 Å². The molecule has 0 bridgehead atoms. The lowest BCUT2D eigenvalue weighted by molar-refractivity contribution is -0.124. The van der Waals surface area contributed by atoms with Gasteiger partial charge in [0.05, 0.1) is 12.2 Å². The molecule has 1 amide bonds. The molecule has 0 aromatic carbocycles. The van der Waals surface area contributed by atoms with Crippen molar-refractivity contribution in [3.05, 3.63) is 29.1 Å². The van der Waals surface area contributed by atoms with Crippen molar-refractivity contribution in [2.24, 2.45) is 5.92 Å². The van der Waals surface area contributed by atoms with E-state index in [0.29, 0.717) is 13.1 Å². The van der Waals surface area contributed by atoms with E-state index in [1.165, 1.54) is 0 Å². The Hall–Kier alpha value is -1.62. The van der Waals surface area contributed by atoms with Gasteiger partial charge in [0.25, 0.3) is 0 Å². The first-order chi connectivity index (χ1) is 8.66. The summed E-state index contributed by atoms with van der Waals surface area (Å²) < 4.78 is 1.85. The van der Waals surface area contributed by atoms with E-state index in [9.17, 15) is 4.79 Å². The molecule has 2 aromatic heterocycles. The fraction of sp³-hybridized carbons (Fsp3) is 0.385. The van der Waals surface area contributed by atoms with Crippen molar-refractivity contribution in [2.45, 2.75) is 20.4 Å². The van der Waals surface area contributed by atoms with Gasteiger partial charge in [-0.2, -0.15) is 16.4 Å². The van der Waals surface area contributed by atoms with Crippen molar-refractivity contribution in [3.63, 3.8) is 0 Å². The van der Waals surface area contributed by atoms with Crippen LogP contribution in [-0.2, 0) is 11.3 Å². The smallest absolute Gasteiger partial charge is 0.222 e. The number of thiophene rings is 1. The highest BCUT2D eigenvalue weighted by Gasteiger charge is 2.06. The molecule has 2 aromatic rings. The lowest BCUT2D eigenvalue weighted by Crippen LogP contribution is -2.30. The molecular formula is C13H17N3OS. The SMILES string of the molecule is CC(C)C(=O)NCCn1ccc(-c2ccsc2)n1. The maximum Gasteiger partial charge on any atom is 0.222 e. The van der Waals surface area contributed by atoms with Gasteiger partial charge in [-0.3, -0.25) is 9.48 Å². The lowest BCUT2D eigenvalue weighted by atomic mass is 10.2. The Morgan fingerprint density at radius 2 is 2.33 bits per heavy atom. The van der Waals surface area contributed by atoms with Gasteiger partial charge in [-0.15, -0.1) is 0 Å². The highest BCUT2D eigenvalue weighted by atomic mass is 32.1. The molecule has 0 aliphatic heterocycles. The molecule has 0 fully saturated rings. The molecule has 0 aliphatic carbocycles. The van der Waals surface area contributed by atoms with Crippen LogP contribution in [0.25, 0.3) is 11.3 Å². The molecule has 18 heavy (non-hydrogen) atoms. The predicted molar refractivity (Wildman–Crippen MR) is 73.4 cm³/mol. The molecule has 0 radical (unpaired) electrons. The van der Waals surface area contributed by atoms with E-state index >= 15 is 0 Å². The van der Waals surface area contributed by atoms with Crippen LogP contribution in [0, 0.1) is 5.92 Å². The highest BCUT2D eigenvalue weighted by molar-refractivity contribution is 7.08. The van der Waals surface area contributed by atoms with Crippen molar-refractivity contribution in [1.82, 2.24) is 15.1 Å². The summed E-state index contributed by atoms with van der Waals surface area (Å²) in [4.78, 5) is 11.4. The number of hydrogen-bond donors (Lipinski definition) is 1. The van der Waals surface area contributed by atoms with E-state index in [4.69, 9.17) is 0 Å². The number of aromatic nitrogens is 2. The average Bonchev–Trinajstić information content (AvgIpc) is 2.98. The minimum absolute atomic E-state index is 0.0315. The molecule has 5 heteroatoms. The summed E-state index contributed by atoms with van der Waals surface area (Å²) in [6, 6.07) is 4.05. The molecule has 2 heterocycles. The van der Waals surface area contributed by atoms with Gasteiger partial charge < -0.3 is 5.32 Å². The van der Waals surface area contributed by atoms with Gasteiger partial charge in [-0.1, -0.05) is 13.8 Å². The maximum absolute atomic E-state index is 11.4. The van der Waals surface area contributed by atoms with Crippen molar-refractivity contribution in [2.75, 3.05) is 6.54 Å². The van der Waals surface area contributed by atoms with Gasteiger partial charge in [0.15, 0.2) is 0 Å². The first-order valence-corrected chi connectivity index (χ1v) is 6.95. The van der Waals surface area contributed by atoms with Crippen LogP contribution in [-0.4, -0.2) is 22.2 Å². The fourth-order valence-corrected chi connectivity index (χ4v) is 2.20. The maximum atomic E-state index is 11.4. The van der Waals surface area contributed by atoms with Crippen LogP contribution in [0.3, 0.4) is 0 Å². The Bertz CT molecular complexity index is 502. The van der Waals surface area contributed by atoms with E-state index in [1.54, 1.807) is 11.3 Å². The molecule has 0 atom stereocenters. The normalized spacial score (nSPS) is 10.8. The second-order valence-electron chi connectivity index (χ2n) is 4.42. The second kappa shape index (κ2) is 5.82. The first kappa shape index (κ1) is 12.8. The van der Waals surface area contributed by atoms with Crippen LogP contribution in [0.15, 0.2) is 29.1 Å². The Labute approximate surface area is 111 Å². The number of amides is 1. The van der Waals surface area contributed by atoms with E-state index in [2.05, 4.69) is 21.9 Å². The molecule has 0 unspecified atom stereocenters. The topological polar surface area (TPSA) is 46.9 Å². The van der Waals surface area contributed by atoms with Crippen LogP contribution >= 0.6 is 11.3 Å². The fourth-order valence-electron chi connectivity index (χ4n) is 1.55. The van der Waals surface area contributed by atoms with Crippen LogP contribution < -0.4 is 5.32 Å². The van der Waals surface area contributed by atoms with Crippen molar-refractivity contribution < 1.29 is 4.79 Å². The first-order valence-electron chi connectivity index (χ1n) is 6.00. The van der Waals surface area contributed by atoms with E-state index in [1.807, 2.05) is 36.2 Å². The number of nitrogens with zero attached hydrogens (tertiary/aromatic N) is 2. The average molecular weight is 263 g/mol. The highest BCUT2D eigenvalue weighted by Crippen LogP contribution is 2.19. The molecule has 2 rings (SSSR count). The van der Waals surface area contributed by atoms with Gasteiger partial charge in [-0.25, -0.2) is 0 Å². The standard InChI is InChI=1S/C13H17N3OS/c1-10(2)13(17)14-5-7-16-6-3-12(15-16)11-4-8-18-9-11/h3-4,6,8-10H,5,7H2,1-2H3,(H,14,17). The molecule has 0 spiro atoms. The number of rotatable bonds is 5. The number of hydrogen-bond acceptors (Lipinski definition) is 3. The third kappa shape index (κ3) is 3.20. The Morgan fingerprint density at radius 3 is 3.00 bits per heavy atom. The van der Waals surface area contributed by atoms with E-state index < -0.39 is 0 Å². The molecular weight excluding hydrogens is 246 g/mol. The predicted octanol–water partition coefficient (Wildman–Crippen LogP) is 2.38. The second-order valence-corrected chi connectivity index (χ2v) is 5.20. The Morgan fingerprint density at radius 1 is 1.50 bits per heavy atom. The molecule has 0 aliphatic rings. The zero-order valence-corrected chi connectivity index (χ0v) is 11.4. The van der Waals surface area contributed by atoms with Gasteiger partial charge in [0.2, 0.25) is 5.91 Å². The summed E-state index contributed by atoms with van der Waals surface area (Å²) in [6.45, 7) is 5.08. The molecule has 96 valence electrons. The van der Waals surface area contributed by atoms with Crippen LogP contribution in [0.4, 0.5) is 0 Å². The number of carbonyl (C=O) groups is 1. The van der Waals surface area contributed by atoms with Gasteiger partial charge in [-0.05, 0) is 17.5 Å². The van der Waals surface area contributed by atoms with Crippen molar-refractivity contribution in [1.29, 1.82) is 0 Å². The summed E-state index contributed by atoms with van der Waals surface area (Å²) in [5.74, 6) is 0.115. The van der Waals surface area contributed by atoms with Gasteiger partial charge >= 0.3 is 0 Å². The lowest BCUT2D eigenvalue weighted by Gasteiger charge is -2.07. The zero-order valence-electron chi connectivity index (χ0n) is 10.6. The van der Waals surface area contributed by atoms with E-state index in [-0.39, 0.29) is 11.8 Å². The zero-order chi connectivity index (χ0) is 13.0.